The molecule has 19 heavy (non-hydrogen) atoms. The van der Waals surface area contributed by atoms with Crippen LogP contribution < -0.4 is 11.1 Å². The smallest absolute Gasteiger partial charge is 0.273 e. The lowest BCUT2D eigenvalue weighted by atomic mass is 10.2. The molecule has 1 aliphatic heterocycles. The minimum atomic E-state index is -3.05. The van der Waals surface area contributed by atoms with Crippen LogP contribution in [0.3, 0.4) is 0 Å². The fourth-order valence-corrected chi connectivity index (χ4v) is 3.92. The number of nitrogens with zero attached hydrogens (tertiary/aromatic N) is 2. The number of carbonyl (C=O) groups excluding carboxylic acids is 1. The summed E-state index contributed by atoms with van der Waals surface area (Å²) in [6.45, 7) is 2.63. The van der Waals surface area contributed by atoms with E-state index in [4.69, 9.17) is 5.73 Å². The zero-order valence-corrected chi connectivity index (χ0v) is 11.6. The van der Waals surface area contributed by atoms with Gasteiger partial charge in [0.25, 0.3) is 5.91 Å². The Hall–Kier alpha value is -1.57. The summed E-state index contributed by atoms with van der Waals surface area (Å²) in [6, 6.07) is 0. The molecule has 3 N–H and O–H groups in total. The average molecular weight is 286 g/mol. The highest BCUT2D eigenvalue weighted by Gasteiger charge is 2.31. The van der Waals surface area contributed by atoms with Crippen LogP contribution in [-0.2, 0) is 16.4 Å². The molecule has 1 atom stereocenters. The highest BCUT2D eigenvalue weighted by atomic mass is 32.2. The number of carbonyl (C=O) groups is 1. The van der Waals surface area contributed by atoms with Crippen molar-refractivity contribution < 1.29 is 13.2 Å². The first-order valence-electron chi connectivity index (χ1n) is 6.26. The third kappa shape index (κ3) is 2.89. The van der Waals surface area contributed by atoms with Gasteiger partial charge in [-0.1, -0.05) is 0 Å². The number of hydrogen-bond acceptors (Lipinski definition) is 5. The van der Waals surface area contributed by atoms with Crippen LogP contribution in [0.4, 0.5) is 5.69 Å². The Labute approximate surface area is 112 Å². The second kappa shape index (κ2) is 5.20. The quantitative estimate of drug-likeness (QED) is 0.796. The molecule has 7 nitrogen and oxygen atoms in total. The van der Waals surface area contributed by atoms with Crippen LogP contribution in [-0.4, -0.2) is 41.7 Å². The highest BCUT2D eigenvalue weighted by molar-refractivity contribution is 7.92. The zero-order valence-electron chi connectivity index (χ0n) is 10.8. The van der Waals surface area contributed by atoms with E-state index in [0.29, 0.717) is 25.1 Å². The van der Waals surface area contributed by atoms with Crippen LogP contribution in [0, 0.1) is 0 Å². The highest BCUT2D eigenvalue weighted by Crippen LogP contribution is 2.19. The largest absolute Gasteiger partial charge is 0.396 e. The van der Waals surface area contributed by atoms with Gasteiger partial charge in [0.2, 0.25) is 0 Å². The fraction of sp³-hybridized carbons (Fsp3) is 0.636. The van der Waals surface area contributed by atoms with Crippen LogP contribution in [0.25, 0.3) is 0 Å². The number of nitrogens with one attached hydrogen (secondary N) is 1. The molecule has 0 bridgehead atoms. The maximum Gasteiger partial charge on any atom is 0.273 e. The molecule has 1 aliphatic rings. The summed E-state index contributed by atoms with van der Waals surface area (Å²) in [6.07, 6.45) is 2.85. The zero-order chi connectivity index (χ0) is 14.0. The van der Waals surface area contributed by atoms with E-state index < -0.39 is 21.0 Å². The molecule has 2 rings (SSSR count). The Morgan fingerprint density at radius 2 is 2.37 bits per heavy atom. The van der Waals surface area contributed by atoms with Crippen molar-refractivity contribution in [3.63, 3.8) is 0 Å². The number of anilines is 1. The Balaban J connectivity index is 2.00. The topological polar surface area (TPSA) is 107 Å². The molecule has 0 spiro atoms. The molecule has 1 aromatic rings. The van der Waals surface area contributed by atoms with Gasteiger partial charge in [0.1, 0.15) is 0 Å². The molecular weight excluding hydrogens is 268 g/mol. The van der Waals surface area contributed by atoms with Crippen molar-refractivity contribution in [2.45, 2.75) is 31.6 Å². The van der Waals surface area contributed by atoms with Gasteiger partial charge >= 0.3 is 0 Å². The third-order valence-electron chi connectivity index (χ3n) is 3.28. The molecule has 8 heteroatoms. The number of amides is 1. The maximum absolute atomic E-state index is 11.9. The van der Waals surface area contributed by atoms with Gasteiger partial charge in [0, 0.05) is 19.3 Å². The van der Waals surface area contributed by atoms with Crippen molar-refractivity contribution >= 4 is 21.4 Å². The summed E-state index contributed by atoms with van der Waals surface area (Å²) in [5.41, 5.74) is 6.14. The molecule has 0 radical (unpaired) electrons. The number of aromatic nitrogens is 2. The SMILES string of the molecule is CCn1cc(N)c(C(=O)NCC2CCCS2(=O)=O)n1. The monoisotopic (exact) mass is 286 g/mol. The predicted octanol–water partition coefficient (Wildman–Crippen LogP) is -0.208. The Kier molecular flexibility index (Phi) is 3.79. The van der Waals surface area contributed by atoms with Crippen LogP contribution in [0.15, 0.2) is 6.20 Å². The number of nitrogen functional groups attached to an aromatic ring is 1. The van der Waals surface area contributed by atoms with Crippen molar-refractivity contribution in [3.05, 3.63) is 11.9 Å². The summed E-state index contributed by atoms with van der Waals surface area (Å²) in [5.74, 6) is -0.216. The molecule has 1 saturated heterocycles. The molecule has 1 aromatic heterocycles. The maximum atomic E-state index is 11.9. The van der Waals surface area contributed by atoms with Crippen molar-refractivity contribution in [1.29, 1.82) is 0 Å². The van der Waals surface area contributed by atoms with Crippen molar-refractivity contribution in [2.75, 3.05) is 18.0 Å². The number of sulfone groups is 1. The lowest BCUT2D eigenvalue weighted by Crippen LogP contribution is -2.35. The minimum Gasteiger partial charge on any atom is -0.396 e. The molecule has 106 valence electrons. The lowest BCUT2D eigenvalue weighted by Gasteiger charge is -2.09. The van der Waals surface area contributed by atoms with E-state index in [0.717, 1.165) is 0 Å². The number of hydrogen-bond donors (Lipinski definition) is 2. The first kappa shape index (κ1) is 13.9. The standard InChI is InChI=1S/C11H18N4O3S/c1-2-15-7-9(12)10(14-15)11(16)13-6-8-4-3-5-19(8,17)18/h7-8H,2-6,12H2,1H3,(H,13,16). The second-order valence-corrected chi connectivity index (χ2v) is 7.03. The van der Waals surface area contributed by atoms with Gasteiger partial charge < -0.3 is 11.1 Å². The summed E-state index contributed by atoms with van der Waals surface area (Å²) >= 11 is 0. The molecule has 0 saturated carbocycles. The minimum absolute atomic E-state index is 0.125. The van der Waals surface area contributed by atoms with E-state index in [1.54, 1.807) is 10.9 Å². The second-order valence-electron chi connectivity index (χ2n) is 4.63. The molecular formula is C11H18N4O3S. The van der Waals surface area contributed by atoms with Crippen molar-refractivity contribution in [3.8, 4) is 0 Å². The van der Waals surface area contributed by atoms with E-state index in [-0.39, 0.29) is 18.0 Å². The van der Waals surface area contributed by atoms with Gasteiger partial charge in [-0.05, 0) is 19.8 Å². The molecule has 1 amide bonds. The van der Waals surface area contributed by atoms with Gasteiger partial charge in [-0.25, -0.2) is 8.42 Å². The first-order valence-corrected chi connectivity index (χ1v) is 7.98. The Bertz CT molecular complexity index is 579. The van der Waals surface area contributed by atoms with E-state index in [1.165, 1.54) is 0 Å². The normalized spacial score (nSPS) is 21.4. The van der Waals surface area contributed by atoms with E-state index in [2.05, 4.69) is 10.4 Å². The molecule has 0 aliphatic carbocycles. The third-order valence-corrected chi connectivity index (χ3v) is 5.56. The van der Waals surface area contributed by atoms with Gasteiger partial charge in [-0.2, -0.15) is 5.10 Å². The molecule has 2 heterocycles. The van der Waals surface area contributed by atoms with Gasteiger partial charge in [0.05, 0.1) is 16.7 Å². The molecule has 1 fully saturated rings. The fourth-order valence-electron chi connectivity index (χ4n) is 2.15. The van der Waals surface area contributed by atoms with Gasteiger partial charge in [-0.15, -0.1) is 0 Å². The van der Waals surface area contributed by atoms with Crippen LogP contribution >= 0.6 is 0 Å². The van der Waals surface area contributed by atoms with Crippen LogP contribution in [0.1, 0.15) is 30.3 Å². The number of nitrogens with two attached hydrogens (primary N) is 1. The van der Waals surface area contributed by atoms with Crippen molar-refractivity contribution in [2.24, 2.45) is 0 Å². The number of rotatable bonds is 4. The van der Waals surface area contributed by atoms with E-state index in [1.807, 2.05) is 6.92 Å². The summed E-state index contributed by atoms with van der Waals surface area (Å²) in [7, 11) is -3.05. The van der Waals surface area contributed by atoms with Crippen molar-refractivity contribution in [1.82, 2.24) is 15.1 Å². The Morgan fingerprint density at radius 1 is 1.63 bits per heavy atom. The molecule has 1 unspecified atom stereocenters. The summed E-state index contributed by atoms with van der Waals surface area (Å²) in [5, 5.41) is 6.16. The number of aryl methyl sites for hydroxylation is 1. The van der Waals surface area contributed by atoms with Gasteiger partial charge in [-0.3, -0.25) is 9.48 Å². The lowest BCUT2D eigenvalue weighted by molar-refractivity contribution is 0.0948. The predicted molar refractivity (Wildman–Crippen MR) is 71.5 cm³/mol. The van der Waals surface area contributed by atoms with E-state index in [9.17, 15) is 13.2 Å². The van der Waals surface area contributed by atoms with Crippen LogP contribution in [0.5, 0.6) is 0 Å². The Morgan fingerprint density at radius 3 is 2.89 bits per heavy atom. The molecule has 0 aromatic carbocycles. The summed E-state index contributed by atoms with van der Waals surface area (Å²) in [4.78, 5) is 11.9. The first-order chi connectivity index (χ1) is 8.94. The van der Waals surface area contributed by atoms with Crippen LogP contribution in [0.2, 0.25) is 0 Å². The van der Waals surface area contributed by atoms with E-state index >= 15 is 0 Å². The average Bonchev–Trinajstić information content (AvgIpc) is 2.89. The summed E-state index contributed by atoms with van der Waals surface area (Å²) < 4.78 is 24.8. The van der Waals surface area contributed by atoms with Gasteiger partial charge in [0.15, 0.2) is 15.5 Å².